The molecule has 0 atom stereocenters. The van der Waals surface area contributed by atoms with Crippen molar-refractivity contribution in [2.45, 2.75) is 12.8 Å². The van der Waals surface area contributed by atoms with Gasteiger partial charge in [0.05, 0.1) is 0 Å². The van der Waals surface area contributed by atoms with Crippen molar-refractivity contribution in [3.63, 3.8) is 0 Å². The van der Waals surface area contributed by atoms with Gasteiger partial charge in [-0.3, -0.25) is 0 Å². The van der Waals surface area contributed by atoms with Gasteiger partial charge in [0.1, 0.15) is 0 Å². The van der Waals surface area contributed by atoms with E-state index < -0.39 is 0 Å². The van der Waals surface area contributed by atoms with E-state index in [1.54, 1.807) is 0 Å². The first-order valence-electron chi connectivity index (χ1n) is 2.91. The molecule has 0 fully saturated rings. The van der Waals surface area contributed by atoms with E-state index in [4.69, 9.17) is 0 Å². The molecule has 0 saturated heterocycles. The van der Waals surface area contributed by atoms with Crippen LogP contribution in [0, 0.1) is 9.85 Å². The van der Waals surface area contributed by atoms with Crippen molar-refractivity contribution >= 4 is 22.6 Å². The van der Waals surface area contributed by atoms with E-state index in [2.05, 4.69) is 50.7 Å². The van der Waals surface area contributed by atoms with Crippen LogP contribution in [-0.4, -0.2) is 0 Å². The summed E-state index contributed by atoms with van der Waals surface area (Å²) < 4.78 is 2.86. The zero-order chi connectivity index (χ0) is 6.53. The highest BCUT2D eigenvalue weighted by atomic mass is 127. The smallest absolute Gasteiger partial charge is 0.0185 e. The molecule has 0 radical (unpaired) electrons. The Balaban J connectivity index is 2.65. The van der Waals surface area contributed by atoms with Gasteiger partial charge in [-0.15, -0.1) is 0 Å². The maximum Gasteiger partial charge on any atom is 0.0185 e. The molecule has 0 saturated carbocycles. The lowest BCUT2D eigenvalue weighted by molar-refractivity contribution is 1.00. The summed E-state index contributed by atoms with van der Waals surface area (Å²) in [6.07, 6.45) is 8.58. The number of hydrogen-bond donors (Lipinski definition) is 0. The van der Waals surface area contributed by atoms with Crippen molar-refractivity contribution in [1.82, 2.24) is 0 Å². The summed E-state index contributed by atoms with van der Waals surface area (Å²) >= 11 is 2.06. The normalized spacial score (nSPS) is 15.9. The van der Waals surface area contributed by atoms with Gasteiger partial charge in [0, 0.05) is 28.2 Å². The van der Waals surface area contributed by atoms with E-state index in [0.29, 0.717) is 0 Å². The Hall–Kier alpha value is -0.230. The van der Waals surface area contributed by atoms with Crippen LogP contribution >= 0.6 is 22.6 Å². The average molecular weight is 230 g/mol. The van der Waals surface area contributed by atoms with Crippen molar-refractivity contribution in [3.8, 4) is 9.85 Å². The van der Waals surface area contributed by atoms with Gasteiger partial charge in [0.2, 0.25) is 0 Å². The summed E-state index contributed by atoms with van der Waals surface area (Å²) in [6, 6.07) is 0. The third-order valence-corrected chi connectivity index (χ3v) is 1.49. The van der Waals surface area contributed by atoms with Crippen LogP contribution in [0.25, 0.3) is 0 Å². The minimum Gasteiger partial charge on any atom is -0.0842 e. The summed E-state index contributed by atoms with van der Waals surface area (Å²) in [6.45, 7) is 0. The van der Waals surface area contributed by atoms with E-state index >= 15 is 0 Å². The highest BCUT2D eigenvalue weighted by Crippen LogP contribution is 2.09. The molecular weight excluding hydrogens is 223 g/mol. The molecular formula is C8H7I. The maximum absolute atomic E-state index is 3.03. The molecule has 0 N–H and O–H groups in total. The van der Waals surface area contributed by atoms with Gasteiger partial charge in [-0.25, -0.2) is 0 Å². The summed E-state index contributed by atoms with van der Waals surface area (Å²) in [4.78, 5) is 0. The van der Waals surface area contributed by atoms with Crippen LogP contribution in [-0.2, 0) is 0 Å². The monoisotopic (exact) mass is 230 g/mol. The summed E-state index contributed by atoms with van der Waals surface area (Å²) in [5.74, 6) is 3.03. The molecule has 0 aromatic heterocycles. The molecule has 0 spiro atoms. The van der Waals surface area contributed by atoms with E-state index in [1.807, 2.05) is 0 Å². The third kappa shape index (κ3) is 2.23. The largest absolute Gasteiger partial charge is 0.0842 e. The second-order valence-corrected chi connectivity index (χ2v) is 2.42. The van der Waals surface area contributed by atoms with E-state index in [1.165, 1.54) is 5.57 Å². The predicted octanol–water partition coefficient (Wildman–Crippen LogP) is 2.66. The van der Waals surface area contributed by atoms with Crippen molar-refractivity contribution < 1.29 is 0 Å². The number of hydrogen-bond acceptors (Lipinski definition) is 0. The minimum atomic E-state index is 1.12. The molecule has 1 aliphatic carbocycles. The van der Waals surface area contributed by atoms with Crippen LogP contribution < -0.4 is 0 Å². The molecule has 0 nitrogen and oxygen atoms in total. The van der Waals surface area contributed by atoms with Crippen LogP contribution in [0.1, 0.15) is 12.8 Å². The van der Waals surface area contributed by atoms with Crippen LogP contribution in [0.2, 0.25) is 0 Å². The Bertz CT molecular complexity index is 200. The van der Waals surface area contributed by atoms with Crippen molar-refractivity contribution in [2.75, 3.05) is 0 Å². The van der Waals surface area contributed by atoms with Crippen molar-refractivity contribution in [3.05, 3.63) is 23.8 Å². The fourth-order valence-electron chi connectivity index (χ4n) is 0.767. The first kappa shape index (κ1) is 6.88. The van der Waals surface area contributed by atoms with Crippen LogP contribution in [0.3, 0.4) is 0 Å². The molecule has 0 unspecified atom stereocenters. The summed E-state index contributed by atoms with van der Waals surface area (Å²) in [5, 5.41) is 0. The van der Waals surface area contributed by atoms with Crippen LogP contribution in [0.5, 0.6) is 0 Å². The van der Waals surface area contributed by atoms with Gasteiger partial charge in [0.15, 0.2) is 0 Å². The molecule has 0 aromatic rings. The van der Waals surface area contributed by atoms with Crippen molar-refractivity contribution in [2.24, 2.45) is 0 Å². The first-order chi connectivity index (χ1) is 4.43. The second kappa shape index (κ2) is 3.73. The highest BCUT2D eigenvalue weighted by molar-refractivity contribution is 14.1. The molecule has 9 heavy (non-hydrogen) atoms. The quantitative estimate of drug-likeness (QED) is 0.443. The van der Waals surface area contributed by atoms with E-state index in [-0.39, 0.29) is 0 Å². The van der Waals surface area contributed by atoms with E-state index in [9.17, 15) is 0 Å². The molecule has 0 aliphatic heterocycles. The lowest BCUT2D eigenvalue weighted by Crippen LogP contribution is -1.81. The lowest BCUT2D eigenvalue weighted by atomic mass is 10.1. The van der Waals surface area contributed by atoms with Gasteiger partial charge in [0.25, 0.3) is 0 Å². The zero-order valence-corrected chi connectivity index (χ0v) is 7.18. The first-order valence-corrected chi connectivity index (χ1v) is 3.98. The van der Waals surface area contributed by atoms with Gasteiger partial charge in [-0.1, -0.05) is 24.1 Å². The topological polar surface area (TPSA) is 0 Å². The molecule has 1 heteroatoms. The number of allylic oxidation sites excluding steroid dienone is 4. The molecule has 1 aliphatic rings. The Kier molecular flexibility index (Phi) is 2.85. The molecule has 46 valence electrons. The Morgan fingerprint density at radius 3 is 3.00 bits per heavy atom. The SMILES string of the molecule is IC#CC1=CC=CCC1. The van der Waals surface area contributed by atoms with Crippen LogP contribution in [0.4, 0.5) is 0 Å². The average Bonchev–Trinajstić information content (AvgIpc) is 1.91. The molecule has 0 heterocycles. The predicted molar refractivity (Wildman–Crippen MR) is 48.3 cm³/mol. The second-order valence-electron chi connectivity index (χ2n) is 1.88. The Morgan fingerprint density at radius 1 is 1.56 bits per heavy atom. The molecule has 0 bridgehead atoms. The number of rotatable bonds is 0. The van der Waals surface area contributed by atoms with E-state index in [0.717, 1.165) is 12.8 Å². The molecule has 0 aromatic carbocycles. The summed E-state index contributed by atoms with van der Waals surface area (Å²) in [5.41, 5.74) is 1.26. The van der Waals surface area contributed by atoms with Gasteiger partial charge >= 0.3 is 0 Å². The fourth-order valence-corrected chi connectivity index (χ4v) is 1.11. The van der Waals surface area contributed by atoms with Crippen molar-refractivity contribution in [1.29, 1.82) is 0 Å². The molecule has 0 amide bonds. The summed E-state index contributed by atoms with van der Waals surface area (Å²) in [7, 11) is 0. The Labute approximate surface area is 69.2 Å². The Morgan fingerprint density at radius 2 is 2.44 bits per heavy atom. The minimum absolute atomic E-state index is 1.12. The van der Waals surface area contributed by atoms with Gasteiger partial charge < -0.3 is 0 Å². The molecule has 1 rings (SSSR count). The maximum atomic E-state index is 3.03. The third-order valence-electron chi connectivity index (χ3n) is 1.22. The fraction of sp³-hybridized carbons (Fsp3) is 0.250. The lowest BCUT2D eigenvalue weighted by Gasteiger charge is -1.98. The van der Waals surface area contributed by atoms with Gasteiger partial charge in [-0.2, -0.15) is 0 Å². The number of halogens is 1. The van der Waals surface area contributed by atoms with Gasteiger partial charge in [-0.05, 0) is 16.8 Å². The highest BCUT2D eigenvalue weighted by Gasteiger charge is 1.92. The standard InChI is InChI=1S/C8H7I/c9-7-6-8-4-2-1-3-5-8/h1-2,4H,3,5H2. The zero-order valence-electron chi connectivity index (χ0n) is 5.02. The van der Waals surface area contributed by atoms with Crippen LogP contribution in [0.15, 0.2) is 23.8 Å².